The van der Waals surface area contributed by atoms with Crippen LogP contribution in [0.5, 0.6) is 0 Å². The molecule has 1 aromatic heterocycles. The Bertz CT molecular complexity index is 1930. The number of aliphatic imine (C=N–C) groups is 1. The first-order valence-electron chi connectivity index (χ1n) is 19.1. The predicted octanol–water partition coefficient (Wildman–Crippen LogP) is -3.91. The van der Waals surface area contributed by atoms with Crippen LogP contribution in [-0.4, -0.2) is 140 Å². The number of H-pyrrole nitrogens is 1. The number of guanidine groups is 1. The third kappa shape index (κ3) is 17.1. The number of aliphatic carboxylic acids is 3. The highest BCUT2D eigenvalue weighted by Crippen LogP contribution is 2.19. The summed E-state index contributed by atoms with van der Waals surface area (Å²) >= 11 is 0. The molecule has 0 radical (unpaired) electrons. The number of carbonyl (C=O) groups is 9. The lowest BCUT2D eigenvalue weighted by Crippen LogP contribution is -2.60. The van der Waals surface area contributed by atoms with Crippen molar-refractivity contribution in [3.05, 3.63) is 36.0 Å². The van der Waals surface area contributed by atoms with Crippen LogP contribution >= 0.6 is 0 Å². The zero-order chi connectivity index (χ0) is 46.0. The van der Waals surface area contributed by atoms with Crippen LogP contribution in [0.3, 0.4) is 0 Å². The van der Waals surface area contributed by atoms with Gasteiger partial charge in [-0.1, -0.05) is 32.0 Å². The normalized spacial score (nSPS) is 14.5. The van der Waals surface area contributed by atoms with Gasteiger partial charge in [-0.3, -0.25) is 43.3 Å². The molecular weight excluding hydrogens is 806 g/mol. The van der Waals surface area contributed by atoms with Gasteiger partial charge in [0.2, 0.25) is 35.4 Å². The molecule has 24 heteroatoms. The summed E-state index contributed by atoms with van der Waals surface area (Å²) in [6, 6.07) is -3.79. The van der Waals surface area contributed by atoms with Crippen LogP contribution in [0.15, 0.2) is 35.5 Å². The molecule has 1 aromatic carbocycles. The molecule has 6 amide bonds. The second-order valence-corrected chi connectivity index (χ2v) is 14.5. The quantitative estimate of drug-likeness (QED) is 0.0244. The fourth-order valence-electron chi connectivity index (χ4n) is 5.83. The lowest BCUT2D eigenvalue weighted by molar-refractivity contribution is -0.143. The molecular formula is C37H55N11O13. The van der Waals surface area contributed by atoms with E-state index in [9.17, 15) is 58.5 Å². The van der Waals surface area contributed by atoms with E-state index in [1.807, 2.05) is 0 Å². The molecule has 0 bridgehead atoms. The van der Waals surface area contributed by atoms with Gasteiger partial charge in [-0.25, -0.2) is 4.79 Å². The number of hydrogen-bond acceptors (Lipinski definition) is 12. The van der Waals surface area contributed by atoms with Gasteiger partial charge in [0.15, 0.2) is 5.96 Å². The summed E-state index contributed by atoms with van der Waals surface area (Å²) in [5.41, 5.74) is 17.7. The Kier molecular flexibility index (Phi) is 20.1. The number of nitrogens with two attached hydrogens (primary N) is 3. The molecule has 0 aliphatic rings. The minimum Gasteiger partial charge on any atom is -0.481 e. The van der Waals surface area contributed by atoms with Crippen molar-refractivity contribution in [1.29, 1.82) is 0 Å². The largest absolute Gasteiger partial charge is 0.481 e. The van der Waals surface area contributed by atoms with Gasteiger partial charge < -0.3 is 74.5 Å². The number of fused-ring (bicyclic) bond motifs is 1. The van der Waals surface area contributed by atoms with E-state index in [4.69, 9.17) is 22.3 Å². The Labute approximate surface area is 349 Å². The number of aromatic amines is 1. The first-order valence-corrected chi connectivity index (χ1v) is 19.1. The van der Waals surface area contributed by atoms with E-state index < -0.39 is 115 Å². The summed E-state index contributed by atoms with van der Waals surface area (Å²) in [4.78, 5) is 122. The first-order chi connectivity index (χ1) is 28.6. The summed E-state index contributed by atoms with van der Waals surface area (Å²) in [5, 5.41) is 52.0. The highest BCUT2D eigenvalue weighted by Gasteiger charge is 2.34. The van der Waals surface area contributed by atoms with Crippen LogP contribution in [0.2, 0.25) is 0 Å². The number of nitrogens with one attached hydrogen (secondary N) is 7. The van der Waals surface area contributed by atoms with Crippen LogP contribution in [0.25, 0.3) is 10.9 Å². The molecule has 0 unspecified atom stereocenters. The third-order valence-corrected chi connectivity index (χ3v) is 8.94. The molecule has 2 aromatic rings. The smallest absolute Gasteiger partial charge is 0.328 e. The van der Waals surface area contributed by atoms with Crippen LogP contribution < -0.4 is 49.1 Å². The van der Waals surface area contributed by atoms with E-state index in [0.29, 0.717) is 16.5 Å². The molecule has 24 nitrogen and oxygen atoms in total. The van der Waals surface area contributed by atoms with Crippen molar-refractivity contribution in [2.75, 3.05) is 13.2 Å². The van der Waals surface area contributed by atoms with E-state index in [1.165, 1.54) is 6.92 Å². The van der Waals surface area contributed by atoms with E-state index >= 15 is 0 Å². The number of aliphatic hydroxyl groups excluding tert-OH is 1. The van der Waals surface area contributed by atoms with Crippen molar-refractivity contribution in [2.24, 2.45) is 28.1 Å². The Morgan fingerprint density at radius 3 is 1.82 bits per heavy atom. The maximum Gasteiger partial charge on any atom is 0.328 e. The minimum absolute atomic E-state index is 0.0314. The molecule has 61 heavy (non-hydrogen) atoms. The fourth-order valence-corrected chi connectivity index (χ4v) is 5.83. The molecule has 0 fully saturated rings. The van der Waals surface area contributed by atoms with Gasteiger partial charge in [0.05, 0.1) is 25.5 Å². The Morgan fingerprint density at radius 2 is 1.23 bits per heavy atom. The molecule has 17 N–H and O–H groups in total. The highest BCUT2D eigenvalue weighted by atomic mass is 16.4. The monoisotopic (exact) mass is 861 g/mol. The Morgan fingerprint density at radius 1 is 0.689 bits per heavy atom. The molecule has 1 heterocycles. The number of aromatic nitrogens is 1. The average Bonchev–Trinajstić information content (AvgIpc) is 3.58. The van der Waals surface area contributed by atoms with Crippen molar-refractivity contribution >= 4 is 70.2 Å². The van der Waals surface area contributed by atoms with Crippen molar-refractivity contribution in [3.63, 3.8) is 0 Å². The van der Waals surface area contributed by atoms with Crippen molar-refractivity contribution < 1.29 is 63.6 Å². The number of hydrogen-bond donors (Lipinski definition) is 14. The molecule has 0 aliphatic heterocycles. The van der Waals surface area contributed by atoms with Crippen LogP contribution in [-0.2, 0) is 49.6 Å². The zero-order valence-electron chi connectivity index (χ0n) is 33.8. The molecule has 0 saturated carbocycles. The summed E-state index contributed by atoms with van der Waals surface area (Å²) in [5.74, 6) is -11.0. The van der Waals surface area contributed by atoms with Crippen LogP contribution in [0.1, 0.15) is 58.4 Å². The van der Waals surface area contributed by atoms with E-state index in [2.05, 4.69) is 41.9 Å². The number of benzene rings is 1. The third-order valence-electron chi connectivity index (χ3n) is 8.94. The van der Waals surface area contributed by atoms with Crippen molar-refractivity contribution in [3.8, 4) is 0 Å². The van der Waals surface area contributed by atoms with E-state index in [1.54, 1.807) is 44.3 Å². The van der Waals surface area contributed by atoms with Crippen LogP contribution in [0.4, 0.5) is 0 Å². The number of aliphatic hydroxyl groups is 1. The fraction of sp³-hybridized carbons (Fsp3) is 0.514. The second kappa shape index (κ2) is 24.3. The summed E-state index contributed by atoms with van der Waals surface area (Å²) in [6.07, 6.45) is -0.522. The van der Waals surface area contributed by atoms with E-state index in [-0.39, 0.29) is 44.1 Å². The minimum atomic E-state index is -1.84. The number of rotatable bonds is 26. The van der Waals surface area contributed by atoms with Gasteiger partial charge in [0.25, 0.3) is 0 Å². The lowest BCUT2D eigenvalue weighted by Gasteiger charge is -2.27. The lowest BCUT2D eigenvalue weighted by atomic mass is 10.0. The van der Waals surface area contributed by atoms with Gasteiger partial charge in [-0.05, 0) is 43.7 Å². The number of carboxylic acid groups (broad SMARTS) is 3. The maximum atomic E-state index is 14.1. The Hall–Kier alpha value is -6.82. The first kappa shape index (κ1) is 50.3. The number of para-hydroxylation sites is 1. The van der Waals surface area contributed by atoms with Crippen molar-refractivity contribution in [2.45, 2.75) is 102 Å². The van der Waals surface area contributed by atoms with Gasteiger partial charge in [0, 0.05) is 30.1 Å². The summed E-state index contributed by atoms with van der Waals surface area (Å²) < 4.78 is 0. The number of carbonyl (C=O) groups excluding carboxylic acids is 6. The molecule has 2 rings (SSSR count). The van der Waals surface area contributed by atoms with Crippen LogP contribution in [0, 0.1) is 5.92 Å². The zero-order valence-corrected chi connectivity index (χ0v) is 33.8. The number of carboxylic acids is 3. The maximum absolute atomic E-state index is 14.1. The molecule has 7 atom stereocenters. The number of nitrogens with zero attached hydrogens (tertiary/aromatic N) is 1. The Balaban J connectivity index is 2.46. The molecule has 0 aliphatic carbocycles. The van der Waals surface area contributed by atoms with Gasteiger partial charge in [-0.15, -0.1) is 0 Å². The average molecular weight is 862 g/mol. The SMILES string of the molecule is CC(C)C[C@H](NC(=O)[C@@H](N)CC(=O)O)C(=O)N[C@@H](CC(=O)O)C(=O)N[C@@H](CCCN=C(N)N)C(=O)N[C@@H](Cc1c[nH]c2ccccc12)C(=O)N[C@@H](C)C(=O)N[C@@H](CO)C(=O)O. The predicted molar refractivity (Wildman–Crippen MR) is 216 cm³/mol. The van der Waals surface area contributed by atoms with E-state index in [0.717, 1.165) is 0 Å². The van der Waals surface area contributed by atoms with Gasteiger partial charge in [-0.2, -0.15) is 0 Å². The summed E-state index contributed by atoms with van der Waals surface area (Å²) in [6.45, 7) is 3.66. The highest BCUT2D eigenvalue weighted by molar-refractivity contribution is 5.98. The molecule has 0 saturated heterocycles. The van der Waals surface area contributed by atoms with Crippen molar-refractivity contribution in [1.82, 2.24) is 36.9 Å². The second-order valence-electron chi connectivity index (χ2n) is 14.5. The standard InChI is InChI=1S/C37H55N11O13/c1-17(2)11-24(45-31(55)21(38)13-28(50)51)34(58)47-26(14-29(52)53)35(59)44-23(9-6-10-41-37(39)40)32(56)46-25(12-19-15-42-22-8-5-4-7-20(19)22)33(57)43-18(3)30(54)48-27(16-49)36(60)61/h4-5,7-8,15,17-18,21,23-27,42,49H,6,9-14,16,38H2,1-3H3,(H,43,57)(H,44,59)(H,45,55)(H,46,56)(H,47,58)(H,48,54)(H,50,51)(H,52,53)(H,60,61)(H4,39,40,41)/t18-,21-,23-,24-,25-,26-,27-/m0/s1. The van der Waals surface area contributed by atoms with Gasteiger partial charge in [0.1, 0.15) is 36.3 Å². The molecule has 0 spiro atoms. The van der Waals surface area contributed by atoms with Gasteiger partial charge >= 0.3 is 17.9 Å². The summed E-state index contributed by atoms with van der Waals surface area (Å²) in [7, 11) is 0. The topological polar surface area (TPSA) is 413 Å². The number of amides is 6. The molecule has 336 valence electrons.